The van der Waals surface area contributed by atoms with Crippen molar-refractivity contribution >= 4 is 22.4 Å². The van der Waals surface area contributed by atoms with E-state index >= 15 is 0 Å². The number of nitrogens with one attached hydrogen (secondary N) is 2. The fourth-order valence-corrected chi connectivity index (χ4v) is 2.14. The first-order valence-electron chi connectivity index (χ1n) is 5.98. The molecule has 0 aliphatic heterocycles. The highest BCUT2D eigenvalue weighted by atomic mass is 15.0. The molecule has 0 radical (unpaired) electrons. The van der Waals surface area contributed by atoms with Gasteiger partial charge in [0.05, 0.1) is 5.56 Å². The van der Waals surface area contributed by atoms with E-state index in [4.69, 9.17) is 5.26 Å². The largest absolute Gasteiger partial charge is 0.361 e. The Morgan fingerprint density at radius 1 is 1.26 bits per heavy atom. The van der Waals surface area contributed by atoms with Crippen molar-refractivity contribution in [3.8, 4) is 6.07 Å². The van der Waals surface area contributed by atoms with E-state index in [0.717, 1.165) is 16.8 Å². The van der Waals surface area contributed by atoms with Crippen LogP contribution < -0.4 is 5.32 Å². The Labute approximate surface area is 110 Å². The molecular weight excluding hydrogens is 236 g/mol. The number of nitriles is 1. The van der Waals surface area contributed by atoms with Gasteiger partial charge in [0.2, 0.25) is 0 Å². The van der Waals surface area contributed by atoms with Gasteiger partial charge in [0.25, 0.3) is 0 Å². The molecule has 4 heteroatoms. The summed E-state index contributed by atoms with van der Waals surface area (Å²) >= 11 is 0. The van der Waals surface area contributed by atoms with Crippen molar-refractivity contribution in [3.05, 3.63) is 53.9 Å². The highest BCUT2D eigenvalue weighted by molar-refractivity contribution is 5.88. The molecule has 0 amide bonds. The second-order valence-corrected chi connectivity index (χ2v) is 4.31. The standard InChI is InChI=1S/C15H12N4/c1-10-12-6-8-17-14(12)5-4-13(10)19-15-11(9-16)3-2-7-18-15/h2-8,17H,1H3,(H,18,19). The lowest BCUT2D eigenvalue weighted by atomic mass is 10.1. The van der Waals surface area contributed by atoms with Crippen LogP contribution in [0.3, 0.4) is 0 Å². The van der Waals surface area contributed by atoms with Crippen molar-refractivity contribution < 1.29 is 0 Å². The van der Waals surface area contributed by atoms with Crippen LogP contribution in [0.4, 0.5) is 11.5 Å². The minimum absolute atomic E-state index is 0.538. The van der Waals surface area contributed by atoms with Crippen LogP contribution in [0.2, 0.25) is 0 Å². The van der Waals surface area contributed by atoms with Crippen molar-refractivity contribution in [2.24, 2.45) is 0 Å². The summed E-state index contributed by atoms with van der Waals surface area (Å²) in [5.41, 5.74) is 3.73. The van der Waals surface area contributed by atoms with Crippen LogP contribution >= 0.6 is 0 Å². The predicted molar refractivity (Wildman–Crippen MR) is 75.3 cm³/mol. The zero-order chi connectivity index (χ0) is 13.2. The number of anilines is 2. The predicted octanol–water partition coefficient (Wildman–Crippen LogP) is 3.49. The Morgan fingerprint density at radius 2 is 2.16 bits per heavy atom. The summed E-state index contributed by atoms with van der Waals surface area (Å²) in [5, 5.41) is 13.5. The van der Waals surface area contributed by atoms with Gasteiger partial charge in [0.15, 0.2) is 0 Å². The third-order valence-corrected chi connectivity index (χ3v) is 3.18. The summed E-state index contributed by atoms with van der Waals surface area (Å²) in [6, 6.07) is 11.7. The molecule has 0 aliphatic carbocycles. The molecule has 2 heterocycles. The maximum Gasteiger partial charge on any atom is 0.148 e. The average molecular weight is 248 g/mol. The van der Waals surface area contributed by atoms with E-state index in [0.29, 0.717) is 11.4 Å². The molecule has 3 aromatic rings. The fourth-order valence-electron chi connectivity index (χ4n) is 2.14. The molecule has 0 saturated carbocycles. The normalized spacial score (nSPS) is 10.3. The third kappa shape index (κ3) is 1.91. The van der Waals surface area contributed by atoms with Crippen LogP contribution in [0.25, 0.3) is 10.9 Å². The number of benzene rings is 1. The van der Waals surface area contributed by atoms with E-state index in [-0.39, 0.29) is 0 Å². The van der Waals surface area contributed by atoms with Crippen molar-refractivity contribution in [2.75, 3.05) is 5.32 Å². The first-order chi connectivity index (χ1) is 9.29. The van der Waals surface area contributed by atoms with Gasteiger partial charge in [-0.05, 0) is 42.8 Å². The molecule has 1 aromatic carbocycles. The molecule has 4 nitrogen and oxygen atoms in total. The molecule has 0 unspecified atom stereocenters. The highest BCUT2D eigenvalue weighted by Crippen LogP contribution is 2.27. The number of aromatic nitrogens is 2. The summed E-state index contributed by atoms with van der Waals surface area (Å²) in [6.45, 7) is 2.05. The summed E-state index contributed by atoms with van der Waals surface area (Å²) in [5.74, 6) is 0.586. The van der Waals surface area contributed by atoms with E-state index in [1.54, 1.807) is 18.3 Å². The Kier molecular flexibility index (Phi) is 2.66. The van der Waals surface area contributed by atoms with Crippen LogP contribution in [0.5, 0.6) is 0 Å². The van der Waals surface area contributed by atoms with Gasteiger partial charge in [-0.25, -0.2) is 4.98 Å². The average Bonchev–Trinajstić information content (AvgIpc) is 2.92. The van der Waals surface area contributed by atoms with Gasteiger partial charge in [-0.3, -0.25) is 0 Å². The SMILES string of the molecule is Cc1c(Nc2ncccc2C#N)ccc2[nH]ccc12. The minimum Gasteiger partial charge on any atom is -0.361 e. The Hall–Kier alpha value is -2.80. The van der Waals surface area contributed by atoms with E-state index in [9.17, 15) is 0 Å². The van der Waals surface area contributed by atoms with Crippen LogP contribution in [-0.4, -0.2) is 9.97 Å². The Morgan fingerprint density at radius 3 is 3.00 bits per heavy atom. The summed E-state index contributed by atoms with van der Waals surface area (Å²) < 4.78 is 0. The number of aryl methyl sites for hydroxylation is 1. The van der Waals surface area contributed by atoms with Crippen molar-refractivity contribution in [1.29, 1.82) is 5.26 Å². The van der Waals surface area contributed by atoms with Crippen LogP contribution in [0.1, 0.15) is 11.1 Å². The van der Waals surface area contributed by atoms with Crippen molar-refractivity contribution in [3.63, 3.8) is 0 Å². The van der Waals surface area contributed by atoms with Crippen LogP contribution in [0.15, 0.2) is 42.7 Å². The van der Waals surface area contributed by atoms with E-state index in [2.05, 4.69) is 21.4 Å². The van der Waals surface area contributed by atoms with Gasteiger partial charge in [0.1, 0.15) is 11.9 Å². The lowest BCUT2D eigenvalue weighted by molar-refractivity contribution is 1.28. The molecular formula is C15H12N4. The zero-order valence-electron chi connectivity index (χ0n) is 10.4. The molecule has 19 heavy (non-hydrogen) atoms. The molecule has 0 aliphatic rings. The highest BCUT2D eigenvalue weighted by Gasteiger charge is 2.07. The number of H-pyrrole nitrogens is 1. The summed E-state index contributed by atoms with van der Waals surface area (Å²) in [7, 11) is 0. The maximum atomic E-state index is 9.07. The molecule has 92 valence electrons. The lowest BCUT2D eigenvalue weighted by Crippen LogP contribution is -1.98. The van der Waals surface area contributed by atoms with Gasteiger partial charge in [-0.1, -0.05) is 0 Å². The smallest absolute Gasteiger partial charge is 0.148 e. The number of rotatable bonds is 2. The molecule has 3 rings (SSSR count). The van der Waals surface area contributed by atoms with Crippen molar-refractivity contribution in [2.45, 2.75) is 6.92 Å². The van der Waals surface area contributed by atoms with Crippen LogP contribution in [0, 0.1) is 18.3 Å². The summed E-state index contributed by atoms with van der Waals surface area (Å²) in [4.78, 5) is 7.39. The topological polar surface area (TPSA) is 64.5 Å². The van der Waals surface area contributed by atoms with Gasteiger partial charge >= 0.3 is 0 Å². The van der Waals surface area contributed by atoms with Gasteiger partial charge in [0, 0.05) is 29.0 Å². The maximum absolute atomic E-state index is 9.07. The second-order valence-electron chi connectivity index (χ2n) is 4.31. The quantitative estimate of drug-likeness (QED) is 0.729. The molecule has 2 N–H and O–H groups in total. The number of nitrogens with zero attached hydrogens (tertiary/aromatic N) is 2. The first kappa shape index (κ1) is 11.3. The third-order valence-electron chi connectivity index (χ3n) is 3.18. The molecule has 0 bridgehead atoms. The molecule has 2 aromatic heterocycles. The van der Waals surface area contributed by atoms with E-state index in [1.165, 1.54) is 5.39 Å². The Balaban J connectivity index is 2.06. The molecule has 0 fully saturated rings. The van der Waals surface area contributed by atoms with Gasteiger partial charge in [-0.15, -0.1) is 0 Å². The van der Waals surface area contributed by atoms with E-state index in [1.807, 2.05) is 31.3 Å². The number of hydrogen-bond donors (Lipinski definition) is 2. The number of pyridine rings is 1. The summed E-state index contributed by atoms with van der Waals surface area (Å²) in [6.07, 6.45) is 3.59. The fraction of sp³-hybridized carbons (Fsp3) is 0.0667. The number of fused-ring (bicyclic) bond motifs is 1. The molecule has 0 saturated heterocycles. The van der Waals surface area contributed by atoms with Gasteiger partial charge < -0.3 is 10.3 Å². The zero-order valence-corrected chi connectivity index (χ0v) is 10.4. The number of hydrogen-bond acceptors (Lipinski definition) is 3. The minimum atomic E-state index is 0.538. The lowest BCUT2D eigenvalue weighted by Gasteiger charge is -2.10. The number of aromatic amines is 1. The van der Waals surface area contributed by atoms with E-state index < -0.39 is 0 Å². The molecule has 0 atom stereocenters. The molecule has 0 spiro atoms. The van der Waals surface area contributed by atoms with Crippen molar-refractivity contribution in [1.82, 2.24) is 9.97 Å². The Bertz CT molecular complexity index is 780. The second kappa shape index (κ2) is 4.46. The van der Waals surface area contributed by atoms with Crippen LogP contribution in [-0.2, 0) is 0 Å². The van der Waals surface area contributed by atoms with Gasteiger partial charge in [-0.2, -0.15) is 5.26 Å². The first-order valence-corrected chi connectivity index (χ1v) is 5.98. The monoisotopic (exact) mass is 248 g/mol.